The van der Waals surface area contributed by atoms with Gasteiger partial charge in [-0.05, 0) is 40.6 Å². The minimum absolute atomic E-state index is 0.0362. The minimum Gasteiger partial charge on any atom is -0.264 e. The molecule has 0 fully saturated rings. The monoisotopic (exact) mass is 402 g/mol. The van der Waals surface area contributed by atoms with Crippen LogP contribution in [0.25, 0.3) is 21.9 Å². The predicted octanol–water partition coefficient (Wildman–Crippen LogP) is 4.83. The van der Waals surface area contributed by atoms with E-state index in [1.165, 1.54) is 5.56 Å². The smallest absolute Gasteiger partial charge is 0.216 e. The molecule has 0 amide bonds. The van der Waals surface area contributed by atoms with Gasteiger partial charge in [0.05, 0.1) is 5.75 Å². The summed E-state index contributed by atoms with van der Waals surface area (Å²) < 4.78 is 27.7. The molecule has 0 aliphatic rings. The summed E-state index contributed by atoms with van der Waals surface area (Å²) in [6, 6.07) is 23.6. The summed E-state index contributed by atoms with van der Waals surface area (Å²) in [5.41, 5.74) is 5.12. The highest BCUT2D eigenvalue weighted by Gasteiger charge is 2.13. The van der Waals surface area contributed by atoms with Crippen LogP contribution in [0.2, 0.25) is 0 Å². The van der Waals surface area contributed by atoms with Crippen molar-refractivity contribution in [3.8, 4) is 11.1 Å². The van der Waals surface area contributed by atoms with Crippen LogP contribution in [-0.4, -0.2) is 13.4 Å². The van der Waals surface area contributed by atoms with Crippen LogP contribution >= 0.6 is 0 Å². The van der Waals surface area contributed by atoms with Gasteiger partial charge in [0.2, 0.25) is 10.0 Å². The number of aryl methyl sites for hydroxylation is 1. The molecule has 4 rings (SSSR count). The molecule has 0 atom stereocenters. The Hall–Kier alpha value is -3.02. The van der Waals surface area contributed by atoms with E-state index in [-0.39, 0.29) is 12.3 Å². The van der Waals surface area contributed by atoms with Crippen molar-refractivity contribution in [2.75, 3.05) is 0 Å². The third-order valence-electron chi connectivity index (χ3n) is 4.95. The van der Waals surface area contributed by atoms with E-state index in [2.05, 4.69) is 40.9 Å². The van der Waals surface area contributed by atoms with E-state index in [0.29, 0.717) is 0 Å². The average molecular weight is 403 g/mol. The Morgan fingerprint density at radius 1 is 0.862 bits per heavy atom. The van der Waals surface area contributed by atoms with Crippen LogP contribution in [0.3, 0.4) is 0 Å². The zero-order valence-electron chi connectivity index (χ0n) is 16.2. The molecular weight excluding hydrogens is 380 g/mol. The van der Waals surface area contributed by atoms with Crippen LogP contribution in [-0.2, 0) is 22.3 Å². The first-order valence-electron chi connectivity index (χ1n) is 9.46. The molecule has 0 aliphatic carbocycles. The number of sulfonamides is 1. The summed E-state index contributed by atoms with van der Waals surface area (Å²) in [4.78, 5) is 4.26. The van der Waals surface area contributed by atoms with Crippen LogP contribution in [0.15, 0.2) is 85.2 Å². The molecule has 0 bridgehead atoms. The maximum absolute atomic E-state index is 12.5. The predicted molar refractivity (Wildman–Crippen MR) is 118 cm³/mol. The minimum atomic E-state index is -3.44. The van der Waals surface area contributed by atoms with Crippen molar-refractivity contribution >= 4 is 20.8 Å². The second-order valence-electron chi connectivity index (χ2n) is 7.13. The lowest BCUT2D eigenvalue weighted by Crippen LogP contribution is -2.24. The summed E-state index contributed by atoms with van der Waals surface area (Å²) in [5.74, 6) is -0.0362. The molecule has 29 heavy (non-hydrogen) atoms. The molecular formula is C24H22N2O2S. The van der Waals surface area contributed by atoms with Crippen LogP contribution in [0.4, 0.5) is 0 Å². The van der Waals surface area contributed by atoms with Gasteiger partial charge < -0.3 is 0 Å². The molecule has 3 aromatic carbocycles. The van der Waals surface area contributed by atoms with Crippen LogP contribution in [0, 0.1) is 6.92 Å². The fraction of sp³-hybridized carbons (Fsp3) is 0.125. The number of fused-ring (bicyclic) bond motifs is 1. The van der Waals surface area contributed by atoms with E-state index >= 15 is 0 Å². The van der Waals surface area contributed by atoms with Gasteiger partial charge in [-0.15, -0.1) is 0 Å². The van der Waals surface area contributed by atoms with Gasteiger partial charge >= 0.3 is 0 Å². The van der Waals surface area contributed by atoms with Crippen LogP contribution < -0.4 is 4.72 Å². The topological polar surface area (TPSA) is 59.1 Å². The van der Waals surface area contributed by atoms with Crippen LogP contribution in [0.5, 0.6) is 0 Å². The van der Waals surface area contributed by atoms with Crippen LogP contribution in [0.1, 0.15) is 16.7 Å². The van der Waals surface area contributed by atoms with Gasteiger partial charge in [0.25, 0.3) is 0 Å². The third-order valence-corrected chi connectivity index (χ3v) is 6.25. The summed E-state index contributed by atoms with van der Waals surface area (Å²) >= 11 is 0. The maximum atomic E-state index is 12.5. The van der Waals surface area contributed by atoms with E-state index in [1.807, 2.05) is 48.5 Å². The first kappa shape index (κ1) is 19.3. The molecule has 0 saturated carbocycles. The van der Waals surface area contributed by atoms with Gasteiger partial charge in [-0.2, -0.15) is 0 Å². The molecule has 4 aromatic rings. The summed E-state index contributed by atoms with van der Waals surface area (Å²) in [7, 11) is -3.44. The lowest BCUT2D eigenvalue weighted by molar-refractivity contribution is 0.580. The number of hydrogen-bond acceptors (Lipinski definition) is 3. The van der Waals surface area contributed by atoms with Crippen molar-refractivity contribution in [2.45, 2.75) is 19.2 Å². The molecule has 4 nitrogen and oxygen atoms in total. The molecule has 1 aromatic heterocycles. The highest BCUT2D eigenvalue weighted by molar-refractivity contribution is 7.88. The molecule has 0 spiro atoms. The largest absolute Gasteiger partial charge is 0.264 e. The van der Waals surface area contributed by atoms with Crippen molar-refractivity contribution in [3.63, 3.8) is 0 Å². The lowest BCUT2D eigenvalue weighted by atomic mass is 9.96. The number of rotatable bonds is 6. The van der Waals surface area contributed by atoms with E-state index in [1.54, 1.807) is 12.4 Å². The Morgan fingerprint density at radius 2 is 1.62 bits per heavy atom. The summed E-state index contributed by atoms with van der Waals surface area (Å²) in [6.45, 7) is 2.29. The van der Waals surface area contributed by atoms with Gasteiger partial charge in [0, 0.05) is 24.3 Å². The Morgan fingerprint density at radius 3 is 2.38 bits per heavy atom. The van der Waals surface area contributed by atoms with Crippen molar-refractivity contribution in [1.82, 2.24) is 9.71 Å². The molecule has 5 heteroatoms. The number of nitrogens with zero attached hydrogens (tertiary/aromatic N) is 1. The fourth-order valence-corrected chi connectivity index (χ4v) is 4.53. The second-order valence-corrected chi connectivity index (χ2v) is 8.93. The first-order valence-corrected chi connectivity index (χ1v) is 11.1. The van der Waals surface area contributed by atoms with Gasteiger partial charge in [-0.1, -0.05) is 72.3 Å². The number of pyridine rings is 1. The van der Waals surface area contributed by atoms with E-state index < -0.39 is 10.0 Å². The van der Waals surface area contributed by atoms with Gasteiger partial charge in [0.15, 0.2) is 0 Å². The van der Waals surface area contributed by atoms with Crippen molar-refractivity contribution in [1.29, 1.82) is 0 Å². The first-order chi connectivity index (χ1) is 14.0. The summed E-state index contributed by atoms with van der Waals surface area (Å²) in [5, 5.41) is 2.01. The molecule has 146 valence electrons. The third kappa shape index (κ3) is 4.53. The van der Waals surface area contributed by atoms with Gasteiger partial charge in [0.1, 0.15) is 0 Å². The molecule has 0 unspecified atom stereocenters. The number of hydrogen-bond donors (Lipinski definition) is 1. The number of nitrogens with one attached hydrogen (secondary N) is 1. The Bertz CT molecular complexity index is 1240. The standard InChI is InChI=1S/C24H22N2O2S/c1-18-7-9-20(10-8-18)22-12-11-21(24-16-25-14-13-23(22)24)15-26-29(27,28)17-19-5-3-2-4-6-19/h2-14,16,26H,15,17H2,1H3. The van der Waals surface area contributed by atoms with Crippen molar-refractivity contribution in [2.24, 2.45) is 0 Å². The Labute approximate surface area is 171 Å². The Balaban J connectivity index is 1.62. The maximum Gasteiger partial charge on any atom is 0.216 e. The highest BCUT2D eigenvalue weighted by Crippen LogP contribution is 2.30. The number of benzene rings is 3. The molecule has 1 heterocycles. The zero-order valence-corrected chi connectivity index (χ0v) is 17.0. The van der Waals surface area contributed by atoms with E-state index in [4.69, 9.17) is 0 Å². The molecule has 1 N–H and O–H groups in total. The zero-order chi connectivity index (χ0) is 20.3. The number of aromatic nitrogens is 1. The average Bonchev–Trinajstić information content (AvgIpc) is 2.73. The SMILES string of the molecule is Cc1ccc(-c2ccc(CNS(=O)(=O)Cc3ccccc3)c3cnccc23)cc1. The molecule has 0 aliphatic heterocycles. The highest BCUT2D eigenvalue weighted by atomic mass is 32.2. The van der Waals surface area contributed by atoms with E-state index in [0.717, 1.165) is 33.0 Å². The van der Waals surface area contributed by atoms with Crippen molar-refractivity contribution in [3.05, 3.63) is 102 Å². The quantitative estimate of drug-likeness (QED) is 0.502. The Kier molecular flexibility index (Phi) is 5.43. The second kappa shape index (κ2) is 8.15. The van der Waals surface area contributed by atoms with Crippen molar-refractivity contribution < 1.29 is 8.42 Å². The van der Waals surface area contributed by atoms with Gasteiger partial charge in [-0.3, -0.25) is 4.98 Å². The molecule has 0 saturated heterocycles. The summed E-state index contributed by atoms with van der Waals surface area (Å²) in [6.07, 6.45) is 3.57. The van der Waals surface area contributed by atoms with E-state index in [9.17, 15) is 8.42 Å². The normalized spacial score (nSPS) is 11.6. The molecule has 0 radical (unpaired) electrons. The van der Waals surface area contributed by atoms with Gasteiger partial charge in [-0.25, -0.2) is 13.1 Å². The lowest BCUT2D eigenvalue weighted by Gasteiger charge is -2.13. The fourth-order valence-electron chi connectivity index (χ4n) is 3.42.